The number of nitrogens with one attached hydrogen (secondary N) is 1. The maximum atomic E-state index is 10.8. The summed E-state index contributed by atoms with van der Waals surface area (Å²) in [6.07, 6.45) is 2.31. The van der Waals surface area contributed by atoms with Crippen molar-refractivity contribution in [2.24, 2.45) is 5.73 Å². The van der Waals surface area contributed by atoms with Gasteiger partial charge in [0, 0.05) is 25.0 Å². The number of likely N-dealkylation sites (N-methyl/N-ethyl adjacent to an activating group) is 1. The predicted molar refractivity (Wildman–Crippen MR) is 65.7 cm³/mol. The highest BCUT2D eigenvalue weighted by molar-refractivity contribution is 5.79. The van der Waals surface area contributed by atoms with E-state index >= 15 is 0 Å². The largest absolute Gasteiger partial charge is 0.385 e. The summed E-state index contributed by atoms with van der Waals surface area (Å²) in [5.74, 6) is -0.312. The first-order valence-corrected chi connectivity index (χ1v) is 5.53. The lowest BCUT2D eigenvalue weighted by Gasteiger charge is -2.22. The number of nitrogens with zero attached hydrogens (tertiary/aromatic N) is 1. The standard InChI is InChI=1S/C12H17N3O/c1-15(8-12(13)16)10-5-4-9-3-2-6-14-11(9)7-10/h4-5,7,14H,2-3,6,8H2,1H3,(H2,13,16). The van der Waals surface area contributed by atoms with E-state index in [4.69, 9.17) is 5.73 Å². The molecule has 4 heteroatoms. The molecule has 2 rings (SSSR count). The van der Waals surface area contributed by atoms with Gasteiger partial charge in [-0.3, -0.25) is 4.79 Å². The lowest BCUT2D eigenvalue weighted by atomic mass is 10.0. The Labute approximate surface area is 95.4 Å². The molecule has 1 aliphatic heterocycles. The first-order chi connectivity index (χ1) is 7.66. The van der Waals surface area contributed by atoms with Gasteiger partial charge >= 0.3 is 0 Å². The van der Waals surface area contributed by atoms with Crippen LogP contribution < -0.4 is 16.0 Å². The van der Waals surface area contributed by atoms with Gasteiger partial charge < -0.3 is 16.0 Å². The zero-order valence-electron chi connectivity index (χ0n) is 9.49. The molecule has 1 heterocycles. The smallest absolute Gasteiger partial charge is 0.236 e. The highest BCUT2D eigenvalue weighted by atomic mass is 16.1. The Bertz CT molecular complexity index is 403. The number of benzene rings is 1. The lowest BCUT2D eigenvalue weighted by Crippen LogP contribution is -2.30. The van der Waals surface area contributed by atoms with Gasteiger partial charge in [-0.1, -0.05) is 6.07 Å². The van der Waals surface area contributed by atoms with Gasteiger partial charge in [0.25, 0.3) is 0 Å². The average Bonchev–Trinajstić information content (AvgIpc) is 2.27. The minimum atomic E-state index is -0.312. The molecule has 1 amide bonds. The fourth-order valence-corrected chi connectivity index (χ4v) is 2.01. The Hall–Kier alpha value is -1.71. The van der Waals surface area contributed by atoms with Gasteiger partial charge in [-0.25, -0.2) is 0 Å². The van der Waals surface area contributed by atoms with E-state index in [9.17, 15) is 4.79 Å². The van der Waals surface area contributed by atoms with E-state index in [1.165, 1.54) is 17.7 Å². The zero-order valence-corrected chi connectivity index (χ0v) is 9.49. The summed E-state index contributed by atoms with van der Waals surface area (Å²) in [5.41, 5.74) is 8.72. The van der Waals surface area contributed by atoms with Gasteiger partial charge in [-0.2, -0.15) is 0 Å². The van der Waals surface area contributed by atoms with Gasteiger partial charge in [-0.15, -0.1) is 0 Å². The van der Waals surface area contributed by atoms with E-state index < -0.39 is 0 Å². The van der Waals surface area contributed by atoms with Crippen molar-refractivity contribution in [1.29, 1.82) is 0 Å². The van der Waals surface area contributed by atoms with Crippen LogP contribution in [0.4, 0.5) is 11.4 Å². The number of hydrogen-bond donors (Lipinski definition) is 2. The molecule has 0 radical (unpaired) electrons. The van der Waals surface area contributed by atoms with Crippen LogP contribution in [0.2, 0.25) is 0 Å². The summed E-state index contributed by atoms with van der Waals surface area (Å²) in [5, 5.41) is 3.37. The molecule has 0 spiro atoms. The SMILES string of the molecule is CN(CC(N)=O)c1ccc2c(c1)NCCC2. The van der Waals surface area contributed by atoms with Gasteiger partial charge in [-0.05, 0) is 30.5 Å². The summed E-state index contributed by atoms with van der Waals surface area (Å²) in [6, 6.07) is 6.24. The summed E-state index contributed by atoms with van der Waals surface area (Å²) < 4.78 is 0. The van der Waals surface area contributed by atoms with Crippen LogP contribution in [0.3, 0.4) is 0 Å². The fraction of sp³-hybridized carbons (Fsp3) is 0.417. The molecule has 0 unspecified atom stereocenters. The van der Waals surface area contributed by atoms with Gasteiger partial charge in [0.15, 0.2) is 0 Å². The highest BCUT2D eigenvalue weighted by Gasteiger charge is 2.11. The molecule has 0 atom stereocenters. The van der Waals surface area contributed by atoms with Crippen molar-refractivity contribution in [3.8, 4) is 0 Å². The van der Waals surface area contributed by atoms with Crippen molar-refractivity contribution in [3.63, 3.8) is 0 Å². The van der Waals surface area contributed by atoms with E-state index in [1.54, 1.807) is 0 Å². The maximum Gasteiger partial charge on any atom is 0.236 e. The third kappa shape index (κ3) is 2.27. The van der Waals surface area contributed by atoms with Crippen molar-refractivity contribution in [2.45, 2.75) is 12.8 Å². The topological polar surface area (TPSA) is 58.4 Å². The second kappa shape index (κ2) is 4.43. The summed E-state index contributed by atoms with van der Waals surface area (Å²) >= 11 is 0. The number of aryl methyl sites for hydroxylation is 1. The Morgan fingerprint density at radius 2 is 2.38 bits per heavy atom. The Morgan fingerprint density at radius 3 is 3.12 bits per heavy atom. The van der Waals surface area contributed by atoms with E-state index in [2.05, 4.69) is 17.4 Å². The summed E-state index contributed by atoms with van der Waals surface area (Å²) in [4.78, 5) is 12.7. The van der Waals surface area contributed by atoms with Crippen LogP contribution in [-0.4, -0.2) is 26.0 Å². The Morgan fingerprint density at radius 1 is 1.56 bits per heavy atom. The Balaban J connectivity index is 2.19. The van der Waals surface area contributed by atoms with E-state index in [1.807, 2.05) is 18.0 Å². The van der Waals surface area contributed by atoms with Crippen LogP contribution in [0.25, 0.3) is 0 Å². The number of nitrogens with two attached hydrogens (primary N) is 1. The first-order valence-electron chi connectivity index (χ1n) is 5.53. The van der Waals surface area contributed by atoms with Crippen LogP contribution in [-0.2, 0) is 11.2 Å². The number of carbonyl (C=O) groups is 1. The van der Waals surface area contributed by atoms with Gasteiger partial charge in [0.2, 0.25) is 5.91 Å². The predicted octanol–water partition coefficient (Wildman–Crippen LogP) is 0.966. The van der Waals surface area contributed by atoms with Gasteiger partial charge in [0.1, 0.15) is 0 Å². The molecule has 0 aromatic heterocycles. The third-order valence-corrected chi connectivity index (χ3v) is 2.87. The molecular weight excluding hydrogens is 202 g/mol. The molecule has 0 aliphatic carbocycles. The van der Waals surface area contributed by atoms with Crippen LogP contribution in [0.5, 0.6) is 0 Å². The molecule has 0 saturated heterocycles. The quantitative estimate of drug-likeness (QED) is 0.796. The molecule has 0 fully saturated rings. The van der Waals surface area contributed by atoms with Crippen LogP contribution in [0.15, 0.2) is 18.2 Å². The van der Waals surface area contributed by atoms with Crippen molar-refractivity contribution in [1.82, 2.24) is 0 Å². The second-order valence-electron chi connectivity index (χ2n) is 4.19. The molecule has 0 bridgehead atoms. The maximum absolute atomic E-state index is 10.8. The summed E-state index contributed by atoms with van der Waals surface area (Å²) in [6.45, 7) is 1.27. The molecule has 1 aliphatic rings. The van der Waals surface area contributed by atoms with Gasteiger partial charge in [0.05, 0.1) is 6.54 Å². The third-order valence-electron chi connectivity index (χ3n) is 2.87. The van der Waals surface area contributed by atoms with E-state index in [-0.39, 0.29) is 12.5 Å². The number of fused-ring (bicyclic) bond motifs is 1. The van der Waals surface area contributed by atoms with Crippen molar-refractivity contribution >= 4 is 17.3 Å². The van der Waals surface area contributed by atoms with Crippen molar-refractivity contribution in [3.05, 3.63) is 23.8 Å². The van der Waals surface area contributed by atoms with Crippen LogP contribution in [0, 0.1) is 0 Å². The Kier molecular flexibility index (Phi) is 2.99. The molecular formula is C12H17N3O. The van der Waals surface area contributed by atoms with Crippen LogP contribution >= 0.6 is 0 Å². The highest BCUT2D eigenvalue weighted by Crippen LogP contribution is 2.26. The zero-order chi connectivity index (χ0) is 11.5. The normalized spacial score (nSPS) is 13.8. The molecule has 3 N–H and O–H groups in total. The molecule has 1 aromatic rings. The number of amides is 1. The second-order valence-corrected chi connectivity index (χ2v) is 4.19. The van der Waals surface area contributed by atoms with Crippen molar-refractivity contribution in [2.75, 3.05) is 30.4 Å². The fourth-order valence-electron chi connectivity index (χ4n) is 2.01. The lowest BCUT2D eigenvalue weighted by molar-refractivity contribution is -0.116. The number of anilines is 2. The van der Waals surface area contributed by atoms with E-state index in [0.29, 0.717) is 0 Å². The first kappa shape index (κ1) is 10.8. The molecule has 0 saturated carbocycles. The molecule has 4 nitrogen and oxygen atoms in total. The molecule has 1 aromatic carbocycles. The minimum Gasteiger partial charge on any atom is -0.385 e. The number of primary amides is 1. The monoisotopic (exact) mass is 219 g/mol. The summed E-state index contributed by atoms with van der Waals surface area (Å²) in [7, 11) is 1.87. The number of hydrogen-bond acceptors (Lipinski definition) is 3. The average molecular weight is 219 g/mol. The van der Waals surface area contributed by atoms with Crippen LogP contribution in [0.1, 0.15) is 12.0 Å². The van der Waals surface area contributed by atoms with Crippen molar-refractivity contribution < 1.29 is 4.79 Å². The molecule has 16 heavy (non-hydrogen) atoms. The number of carbonyl (C=O) groups excluding carboxylic acids is 1. The molecule has 86 valence electrons. The minimum absolute atomic E-state index is 0.249. The number of rotatable bonds is 3. The van der Waals surface area contributed by atoms with E-state index in [0.717, 1.165) is 18.7 Å².